The molecule has 0 radical (unpaired) electrons. The lowest BCUT2D eigenvalue weighted by molar-refractivity contribution is 0.348. The second kappa shape index (κ2) is 5.48. The van der Waals surface area contributed by atoms with Crippen LogP contribution in [0.15, 0.2) is 42.7 Å². The average molecular weight is 282 g/mol. The van der Waals surface area contributed by atoms with E-state index in [1.165, 1.54) is 16.5 Å². The van der Waals surface area contributed by atoms with Crippen molar-refractivity contribution in [1.82, 2.24) is 9.55 Å². The van der Waals surface area contributed by atoms with Gasteiger partial charge in [0, 0.05) is 29.4 Å². The Balaban J connectivity index is 2.05. The summed E-state index contributed by atoms with van der Waals surface area (Å²) in [5.41, 5.74) is 3.33. The molecule has 108 valence electrons. The first-order valence-electron chi connectivity index (χ1n) is 6.85. The molecular formula is C17H18N2O2. The van der Waals surface area contributed by atoms with E-state index in [1.54, 1.807) is 26.5 Å². The molecular weight excluding hydrogens is 264 g/mol. The first kappa shape index (κ1) is 13.5. The first-order chi connectivity index (χ1) is 10.2. The molecule has 4 heteroatoms. The van der Waals surface area contributed by atoms with E-state index in [0.29, 0.717) is 18.0 Å². The Morgan fingerprint density at radius 3 is 2.71 bits per heavy atom. The molecule has 0 N–H and O–H groups in total. The quantitative estimate of drug-likeness (QED) is 0.735. The second-order valence-electron chi connectivity index (χ2n) is 4.94. The van der Waals surface area contributed by atoms with Gasteiger partial charge in [-0.05, 0) is 24.6 Å². The van der Waals surface area contributed by atoms with Crippen molar-refractivity contribution in [3.63, 3.8) is 0 Å². The second-order valence-corrected chi connectivity index (χ2v) is 4.94. The van der Waals surface area contributed by atoms with Gasteiger partial charge in [0.15, 0.2) is 11.5 Å². The van der Waals surface area contributed by atoms with E-state index in [-0.39, 0.29) is 0 Å². The van der Waals surface area contributed by atoms with Crippen LogP contribution in [0.3, 0.4) is 0 Å². The maximum Gasteiger partial charge on any atom is 0.184 e. The van der Waals surface area contributed by atoms with Crippen LogP contribution in [0.1, 0.15) is 11.3 Å². The number of ether oxygens (including phenoxy) is 2. The lowest BCUT2D eigenvalue weighted by atomic mass is 10.1. The third-order valence-corrected chi connectivity index (χ3v) is 3.72. The zero-order valence-corrected chi connectivity index (χ0v) is 12.5. The van der Waals surface area contributed by atoms with Gasteiger partial charge in [0.05, 0.1) is 20.8 Å². The standard InChI is InChI=1S/C17H18N2O2/c1-12-5-4-6-15-13(12)8-10-19(15)11-14-17(21-3)16(20-2)7-9-18-14/h4-10H,11H2,1-3H3. The molecule has 1 aromatic carbocycles. The predicted octanol–water partition coefficient (Wildman–Crippen LogP) is 3.41. The molecule has 4 nitrogen and oxygen atoms in total. The lowest BCUT2D eigenvalue weighted by Crippen LogP contribution is -2.04. The third kappa shape index (κ3) is 2.33. The van der Waals surface area contributed by atoms with Crippen molar-refractivity contribution in [3.05, 3.63) is 54.0 Å². The number of pyridine rings is 1. The minimum Gasteiger partial charge on any atom is -0.493 e. The largest absolute Gasteiger partial charge is 0.493 e. The van der Waals surface area contributed by atoms with E-state index in [4.69, 9.17) is 9.47 Å². The van der Waals surface area contributed by atoms with Crippen LogP contribution in [0.5, 0.6) is 11.5 Å². The Bertz CT molecular complexity index is 778. The Morgan fingerprint density at radius 1 is 1.10 bits per heavy atom. The number of methoxy groups -OCH3 is 2. The van der Waals surface area contributed by atoms with Crippen LogP contribution >= 0.6 is 0 Å². The number of aryl methyl sites for hydroxylation is 1. The molecule has 0 bridgehead atoms. The van der Waals surface area contributed by atoms with Crippen molar-refractivity contribution in [2.45, 2.75) is 13.5 Å². The van der Waals surface area contributed by atoms with Crippen molar-refractivity contribution < 1.29 is 9.47 Å². The maximum atomic E-state index is 5.45. The van der Waals surface area contributed by atoms with Crippen LogP contribution in [0.25, 0.3) is 10.9 Å². The van der Waals surface area contributed by atoms with Crippen LogP contribution in [-0.2, 0) is 6.54 Å². The van der Waals surface area contributed by atoms with Gasteiger partial charge < -0.3 is 14.0 Å². The van der Waals surface area contributed by atoms with E-state index in [9.17, 15) is 0 Å². The normalized spacial score (nSPS) is 10.8. The molecule has 0 aliphatic rings. The van der Waals surface area contributed by atoms with Crippen molar-refractivity contribution in [2.24, 2.45) is 0 Å². The lowest BCUT2D eigenvalue weighted by Gasteiger charge is -2.12. The number of benzene rings is 1. The SMILES string of the molecule is COc1ccnc(Cn2ccc3c(C)cccc32)c1OC. The fourth-order valence-electron chi connectivity index (χ4n) is 2.64. The summed E-state index contributed by atoms with van der Waals surface area (Å²) in [6.07, 6.45) is 3.83. The summed E-state index contributed by atoms with van der Waals surface area (Å²) >= 11 is 0. The van der Waals surface area contributed by atoms with Gasteiger partial charge in [-0.2, -0.15) is 0 Å². The van der Waals surface area contributed by atoms with Crippen LogP contribution in [-0.4, -0.2) is 23.8 Å². The van der Waals surface area contributed by atoms with Crippen molar-refractivity contribution in [2.75, 3.05) is 14.2 Å². The molecule has 21 heavy (non-hydrogen) atoms. The van der Waals surface area contributed by atoms with Gasteiger partial charge in [-0.3, -0.25) is 4.98 Å². The van der Waals surface area contributed by atoms with Crippen LogP contribution in [0.4, 0.5) is 0 Å². The van der Waals surface area contributed by atoms with Gasteiger partial charge in [-0.15, -0.1) is 0 Å². The minimum atomic E-state index is 0.646. The Labute approximate surface area is 123 Å². The summed E-state index contributed by atoms with van der Waals surface area (Å²) < 4.78 is 13.0. The van der Waals surface area contributed by atoms with Crippen LogP contribution in [0.2, 0.25) is 0 Å². The van der Waals surface area contributed by atoms with E-state index in [2.05, 4.69) is 46.9 Å². The third-order valence-electron chi connectivity index (χ3n) is 3.72. The summed E-state index contributed by atoms with van der Waals surface area (Å²) in [4.78, 5) is 4.44. The molecule has 3 rings (SSSR count). The molecule has 0 spiro atoms. The van der Waals surface area contributed by atoms with Gasteiger partial charge >= 0.3 is 0 Å². The van der Waals surface area contributed by atoms with Crippen molar-refractivity contribution >= 4 is 10.9 Å². The molecule has 0 saturated carbocycles. The number of rotatable bonds is 4. The fourth-order valence-corrected chi connectivity index (χ4v) is 2.64. The smallest absolute Gasteiger partial charge is 0.184 e. The predicted molar refractivity (Wildman–Crippen MR) is 83.1 cm³/mol. The Kier molecular flexibility index (Phi) is 3.52. The summed E-state index contributed by atoms with van der Waals surface area (Å²) in [6.45, 7) is 2.77. The highest BCUT2D eigenvalue weighted by Crippen LogP contribution is 2.30. The van der Waals surface area contributed by atoms with Crippen molar-refractivity contribution in [1.29, 1.82) is 0 Å². The summed E-state index contributed by atoms with van der Waals surface area (Å²) in [5, 5.41) is 1.26. The molecule has 0 saturated heterocycles. The molecule has 0 atom stereocenters. The van der Waals surface area contributed by atoms with E-state index >= 15 is 0 Å². The zero-order valence-electron chi connectivity index (χ0n) is 12.5. The summed E-state index contributed by atoms with van der Waals surface area (Å²) in [5.74, 6) is 1.39. The molecule has 2 aromatic heterocycles. The van der Waals surface area contributed by atoms with E-state index in [0.717, 1.165) is 5.69 Å². The number of aromatic nitrogens is 2. The molecule has 0 amide bonds. The minimum absolute atomic E-state index is 0.646. The number of fused-ring (bicyclic) bond motifs is 1. The Hall–Kier alpha value is -2.49. The van der Waals surface area contributed by atoms with Crippen molar-refractivity contribution in [3.8, 4) is 11.5 Å². The van der Waals surface area contributed by atoms with Crippen LogP contribution < -0.4 is 9.47 Å². The van der Waals surface area contributed by atoms with E-state index in [1.807, 2.05) is 0 Å². The molecule has 3 aromatic rings. The van der Waals surface area contributed by atoms with Crippen LogP contribution in [0, 0.1) is 6.92 Å². The average Bonchev–Trinajstić information content (AvgIpc) is 2.91. The van der Waals surface area contributed by atoms with Gasteiger partial charge in [-0.1, -0.05) is 12.1 Å². The van der Waals surface area contributed by atoms with E-state index < -0.39 is 0 Å². The molecule has 2 heterocycles. The highest BCUT2D eigenvalue weighted by molar-refractivity contribution is 5.83. The monoisotopic (exact) mass is 282 g/mol. The van der Waals surface area contributed by atoms with Gasteiger partial charge in [0.1, 0.15) is 5.69 Å². The zero-order chi connectivity index (χ0) is 14.8. The van der Waals surface area contributed by atoms with Gasteiger partial charge in [0.25, 0.3) is 0 Å². The number of hydrogen-bond acceptors (Lipinski definition) is 3. The molecule has 0 aliphatic carbocycles. The van der Waals surface area contributed by atoms with Gasteiger partial charge in [0.2, 0.25) is 0 Å². The molecule has 0 fully saturated rings. The first-order valence-corrected chi connectivity index (χ1v) is 6.85. The summed E-state index contributed by atoms with van der Waals surface area (Å²) in [7, 11) is 3.27. The topological polar surface area (TPSA) is 36.3 Å². The maximum absolute atomic E-state index is 5.45. The summed E-state index contributed by atoms with van der Waals surface area (Å²) in [6, 6.07) is 10.3. The highest BCUT2D eigenvalue weighted by Gasteiger charge is 2.12. The fraction of sp³-hybridized carbons (Fsp3) is 0.235. The Morgan fingerprint density at radius 2 is 1.95 bits per heavy atom. The molecule has 0 aliphatic heterocycles. The van der Waals surface area contributed by atoms with Gasteiger partial charge in [-0.25, -0.2) is 0 Å². The molecule has 0 unspecified atom stereocenters. The number of hydrogen-bond donors (Lipinski definition) is 0. The highest BCUT2D eigenvalue weighted by atomic mass is 16.5. The number of nitrogens with zero attached hydrogens (tertiary/aromatic N) is 2.